The number of hydrogen-bond donors (Lipinski definition) is 2. The second-order valence-corrected chi connectivity index (χ2v) is 4.62. The van der Waals surface area contributed by atoms with Crippen LogP contribution in [-0.2, 0) is 0 Å². The van der Waals surface area contributed by atoms with Gasteiger partial charge in [-0.25, -0.2) is 0 Å². The summed E-state index contributed by atoms with van der Waals surface area (Å²) in [6.45, 7) is 3.95. The van der Waals surface area contributed by atoms with Crippen LogP contribution in [0.5, 0.6) is 0 Å². The number of hydrogen-bond acceptors (Lipinski definition) is 6. The summed E-state index contributed by atoms with van der Waals surface area (Å²) in [6.07, 6.45) is 0. The van der Waals surface area contributed by atoms with Gasteiger partial charge in [0, 0.05) is 5.92 Å². The molecule has 3 N–H and O–H groups in total. The van der Waals surface area contributed by atoms with Gasteiger partial charge in [0.1, 0.15) is 5.01 Å². The number of aromatic nitrogens is 4. The molecule has 0 aliphatic carbocycles. The van der Waals surface area contributed by atoms with Crippen LogP contribution in [-0.4, -0.2) is 31.5 Å². The lowest BCUT2D eigenvalue weighted by molar-refractivity contribution is 0.267. The van der Waals surface area contributed by atoms with Crippen LogP contribution >= 0.6 is 11.3 Å². The van der Waals surface area contributed by atoms with Crippen molar-refractivity contribution in [3.05, 3.63) is 10.8 Å². The summed E-state index contributed by atoms with van der Waals surface area (Å²) >= 11 is 1.36. The quantitative estimate of drug-likeness (QED) is 0.787. The minimum atomic E-state index is -0.434. The van der Waals surface area contributed by atoms with Crippen molar-refractivity contribution in [1.82, 2.24) is 19.8 Å². The zero-order valence-electron chi connectivity index (χ0n) is 8.58. The van der Waals surface area contributed by atoms with E-state index in [0.717, 1.165) is 10.8 Å². The van der Waals surface area contributed by atoms with Crippen LogP contribution in [0, 0.1) is 0 Å². The molecule has 2 heterocycles. The SMILES string of the molecule is CC(C)c1nnc2sc(C(N)CO)nn12. The number of nitrogens with zero attached hydrogens (tertiary/aromatic N) is 4. The molecule has 2 aromatic rings. The summed E-state index contributed by atoms with van der Waals surface area (Å²) in [5, 5.41) is 21.9. The van der Waals surface area contributed by atoms with E-state index in [-0.39, 0.29) is 12.5 Å². The number of aliphatic hydroxyl groups excluding tert-OH is 1. The van der Waals surface area contributed by atoms with Gasteiger partial charge in [0.25, 0.3) is 0 Å². The normalized spacial score (nSPS) is 13.9. The molecular formula is C8H13N5OS. The first-order chi connectivity index (χ1) is 7.13. The maximum absolute atomic E-state index is 8.93. The van der Waals surface area contributed by atoms with E-state index in [2.05, 4.69) is 15.3 Å². The zero-order chi connectivity index (χ0) is 11.0. The molecule has 2 aromatic heterocycles. The van der Waals surface area contributed by atoms with E-state index in [9.17, 15) is 0 Å². The van der Waals surface area contributed by atoms with E-state index in [1.165, 1.54) is 11.3 Å². The lowest BCUT2D eigenvalue weighted by atomic mass is 10.2. The van der Waals surface area contributed by atoms with E-state index >= 15 is 0 Å². The Bertz CT molecular complexity index is 462. The molecule has 0 bridgehead atoms. The number of fused-ring (bicyclic) bond motifs is 1. The van der Waals surface area contributed by atoms with Crippen LogP contribution in [0.15, 0.2) is 0 Å². The standard InChI is InChI=1S/C8H13N5OS/c1-4(2)6-10-11-8-13(6)12-7(15-8)5(9)3-14/h4-5,14H,3,9H2,1-2H3. The fourth-order valence-corrected chi connectivity index (χ4v) is 2.07. The summed E-state index contributed by atoms with van der Waals surface area (Å²) in [4.78, 5) is 0.720. The third-order valence-electron chi connectivity index (χ3n) is 2.06. The van der Waals surface area contributed by atoms with E-state index in [1.807, 2.05) is 13.8 Å². The highest BCUT2D eigenvalue weighted by molar-refractivity contribution is 7.16. The molecule has 0 amide bonds. The van der Waals surface area contributed by atoms with Gasteiger partial charge in [-0.3, -0.25) is 0 Å². The zero-order valence-corrected chi connectivity index (χ0v) is 9.40. The van der Waals surface area contributed by atoms with Crippen molar-refractivity contribution in [2.24, 2.45) is 5.73 Å². The monoisotopic (exact) mass is 227 g/mol. The van der Waals surface area contributed by atoms with E-state index in [0.29, 0.717) is 5.01 Å². The molecule has 0 saturated carbocycles. The van der Waals surface area contributed by atoms with E-state index in [1.54, 1.807) is 4.52 Å². The summed E-state index contributed by atoms with van der Waals surface area (Å²) in [5.41, 5.74) is 5.68. The van der Waals surface area contributed by atoms with Gasteiger partial charge >= 0.3 is 0 Å². The van der Waals surface area contributed by atoms with Crippen LogP contribution in [0.25, 0.3) is 4.96 Å². The van der Waals surface area contributed by atoms with Crippen molar-refractivity contribution in [3.8, 4) is 0 Å². The summed E-state index contributed by atoms with van der Waals surface area (Å²) in [6, 6.07) is -0.434. The van der Waals surface area contributed by atoms with Crippen LogP contribution < -0.4 is 5.73 Å². The first-order valence-electron chi connectivity index (χ1n) is 4.72. The maximum Gasteiger partial charge on any atom is 0.234 e. The van der Waals surface area contributed by atoms with Crippen LogP contribution in [0.1, 0.15) is 36.6 Å². The van der Waals surface area contributed by atoms with Gasteiger partial charge in [-0.1, -0.05) is 25.2 Å². The van der Waals surface area contributed by atoms with E-state index in [4.69, 9.17) is 10.8 Å². The first kappa shape index (κ1) is 10.5. The average molecular weight is 227 g/mol. The highest BCUT2D eigenvalue weighted by Gasteiger charge is 2.17. The Balaban J connectivity index is 2.47. The van der Waals surface area contributed by atoms with Crippen molar-refractivity contribution in [2.45, 2.75) is 25.8 Å². The molecule has 0 spiro atoms. The fourth-order valence-electron chi connectivity index (χ4n) is 1.23. The lowest BCUT2D eigenvalue weighted by Gasteiger charge is -2.01. The third kappa shape index (κ3) is 1.73. The Kier molecular flexibility index (Phi) is 2.68. The molecular weight excluding hydrogens is 214 g/mol. The van der Waals surface area contributed by atoms with Crippen molar-refractivity contribution >= 4 is 16.3 Å². The Morgan fingerprint density at radius 2 is 2.20 bits per heavy atom. The second-order valence-electron chi connectivity index (χ2n) is 3.64. The van der Waals surface area contributed by atoms with Gasteiger partial charge in [0.05, 0.1) is 12.6 Å². The number of aliphatic hydroxyl groups is 1. The van der Waals surface area contributed by atoms with Gasteiger partial charge < -0.3 is 10.8 Å². The Morgan fingerprint density at radius 1 is 1.47 bits per heavy atom. The molecule has 2 rings (SSSR count). The molecule has 15 heavy (non-hydrogen) atoms. The summed E-state index contributed by atoms with van der Waals surface area (Å²) in [5.74, 6) is 1.08. The fraction of sp³-hybridized carbons (Fsp3) is 0.625. The third-order valence-corrected chi connectivity index (χ3v) is 3.09. The Hall–Kier alpha value is -1.05. The topological polar surface area (TPSA) is 89.3 Å². The van der Waals surface area contributed by atoms with Crippen molar-refractivity contribution < 1.29 is 5.11 Å². The molecule has 0 saturated heterocycles. The maximum atomic E-state index is 8.93. The van der Waals surface area contributed by atoms with Gasteiger partial charge in [0.15, 0.2) is 5.82 Å². The molecule has 7 heteroatoms. The minimum Gasteiger partial charge on any atom is -0.394 e. The lowest BCUT2D eigenvalue weighted by Crippen LogP contribution is -2.14. The van der Waals surface area contributed by atoms with Gasteiger partial charge in [0.2, 0.25) is 4.96 Å². The average Bonchev–Trinajstić information content (AvgIpc) is 2.73. The first-order valence-corrected chi connectivity index (χ1v) is 5.53. The van der Waals surface area contributed by atoms with Crippen LogP contribution in [0.3, 0.4) is 0 Å². The van der Waals surface area contributed by atoms with Crippen molar-refractivity contribution in [3.63, 3.8) is 0 Å². The molecule has 0 fully saturated rings. The summed E-state index contributed by atoms with van der Waals surface area (Å²) in [7, 11) is 0. The highest BCUT2D eigenvalue weighted by atomic mass is 32.1. The predicted octanol–water partition coefficient (Wildman–Crippen LogP) is 0.301. The van der Waals surface area contributed by atoms with E-state index < -0.39 is 6.04 Å². The molecule has 1 unspecified atom stereocenters. The molecule has 0 aliphatic rings. The van der Waals surface area contributed by atoms with Crippen molar-refractivity contribution in [2.75, 3.05) is 6.61 Å². The minimum absolute atomic E-state index is 0.110. The van der Waals surface area contributed by atoms with Gasteiger partial charge in [-0.05, 0) is 0 Å². The summed E-state index contributed by atoms with van der Waals surface area (Å²) < 4.78 is 1.69. The van der Waals surface area contributed by atoms with Crippen molar-refractivity contribution in [1.29, 1.82) is 0 Å². The molecule has 0 aromatic carbocycles. The second kappa shape index (κ2) is 3.84. The highest BCUT2D eigenvalue weighted by Crippen LogP contribution is 2.21. The molecule has 0 aliphatic heterocycles. The van der Waals surface area contributed by atoms with Crippen LogP contribution in [0.4, 0.5) is 0 Å². The molecule has 1 atom stereocenters. The number of rotatable bonds is 3. The molecule has 82 valence electrons. The molecule has 6 nitrogen and oxygen atoms in total. The van der Waals surface area contributed by atoms with Crippen LogP contribution in [0.2, 0.25) is 0 Å². The van der Waals surface area contributed by atoms with Gasteiger partial charge in [-0.15, -0.1) is 10.2 Å². The largest absolute Gasteiger partial charge is 0.394 e. The Labute approximate surface area is 90.7 Å². The number of nitrogens with two attached hydrogens (primary N) is 1. The smallest absolute Gasteiger partial charge is 0.234 e. The predicted molar refractivity (Wildman–Crippen MR) is 56.8 cm³/mol. The van der Waals surface area contributed by atoms with Gasteiger partial charge in [-0.2, -0.15) is 9.61 Å². The Morgan fingerprint density at radius 3 is 2.80 bits per heavy atom. The molecule has 0 radical (unpaired) electrons.